The molecule has 1 aromatic rings. The summed E-state index contributed by atoms with van der Waals surface area (Å²) in [5.41, 5.74) is 3.12. The Bertz CT molecular complexity index is 322. The van der Waals surface area contributed by atoms with Crippen molar-refractivity contribution in [2.75, 3.05) is 6.54 Å². The van der Waals surface area contributed by atoms with Gasteiger partial charge in [0.15, 0.2) is 0 Å². The third kappa shape index (κ3) is 4.36. The molecule has 0 radical (unpaired) electrons. The molecule has 0 saturated carbocycles. The molecule has 1 nitrogen and oxygen atoms in total. The van der Waals surface area contributed by atoms with Crippen LogP contribution in [0.3, 0.4) is 0 Å². The van der Waals surface area contributed by atoms with Crippen LogP contribution in [0.5, 0.6) is 0 Å². The predicted octanol–water partition coefficient (Wildman–Crippen LogP) is 3.88. The molecular weight excluding hydrogens is 194 g/mol. The molecule has 16 heavy (non-hydrogen) atoms. The Balaban J connectivity index is 2.47. The molecule has 0 saturated heterocycles. The Labute approximate surface area is 100 Å². The molecule has 1 rings (SSSR count). The van der Waals surface area contributed by atoms with Crippen molar-refractivity contribution >= 4 is 0 Å². The average Bonchev–Trinajstić information content (AvgIpc) is 2.16. The highest BCUT2D eigenvalue weighted by molar-refractivity contribution is 5.28. The number of benzene rings is 1. The first kappa shape index (κ1) is 13.2. The van der Waals surface area contributed by atoms with Gasteiger partial charge in [0, 0.05) is 5.54 Å². The van der Waals surface area contributed by atoms with E-state index < -0.39 is 0 Å². The van der Waals surface area contributed by atoms with Crippen LogP contribution in [0, 0.1) is 6.92 Å². The number of hydrogen-bond acceptors (Lipinski definition) is 1. The standard InChI is InChI=1S/C15H25N/c1-12-8-6-7-9-14(12)13(2)10-11-16-15(3,4)5/h6-9,13,16H,10-11H2,1-5H3. The van der Waals surface area contributed by atoms with Crippen LogP contribution in [0.4, 0.5) is 0 Å². The van der Waals surface area contributed by atoms with E-state index in [0.29, 0.717) is 5.92 Å². The van der Waals surface area contributed by atoms with E-state index in [2.05, 4.69) is 64.2 Å². The Morgan fingerprint density at radius 2 is 1.81 bits per heavy atom. The lowest BCUT2D eigenvalue weighted by Crippen LogP contribution is -2.36. The molecule has 0 amide bonds. The zero-order valence-electron chi connectivity index (χ0n) is 11.3. The molecule has 0 spiro atoms. The van der Waals surface area contributed by atoms with Gasteiger partial charge >= 0.3 is 0 Å². The zero-order chi connectivity index (χ0) is 12.2. The molecule has 0 aliphatic heterocycles. The van der Waals surface area contributed by atoms with Gasteiger partial charge in [0.1, 0.15) is 0 Å². The van der Waals surface area contributed by atoms with Crippen molar-refractivity contribution in [1.82, 2.24) is 5.32 Å². The minimum absolute atomic E-state index is 0.228. The maximum Gasteiger partial charge on any atom is 0.00965 e. The van der Waals surface area contributed by atoms with Crippen LogP contribution in [0.2, 0.25) is 0 Å². The Morgan fingerprint density at radius 1 is 1.19 bits per heavy atom. The van der Waals surface area contributed by atoms with Crippen LogP contribution in [-0.2, 0) is 0 Å². The molecule has 0 heterocycles. The van der Waals surface area contributed by atoms with Crippen molar-refractivity contribution in [1.29, 1.82) is 0 Å². The van der Waals surface area contributed by atoms with E-state index in [4.69, 9.17) is 0 Å². The summed E-state index contributed by atoms with van der Waals surface area (Å²) < 4.78 is 0. The largest absolute Gasteiger partial charge is 0.312 e. The summed E-state index contributed by atoms with van der Waals surface area (Å²) in [6.07, 6.45) is 1.20. The van der Waals surface area contributed by atoms with Gasteiger partial charge < -0.3 is 5.32 Å². The average molecular weight is 219 g/mol. The van der Waals surface area contributed by atoms with Crippen molar-refractivity contribution in [2.24, 2.45) is 0 Å². The number of hydrogen-bond donors (Lipinski definition) is 1. The van der Waals surface area contributed by atoms with E-state index in [1.807, 2.05) is 0 Å². The molecule has 0 aromatic heterocycles. The summed E-state index contributed by atoms with van der Waals surface area (Å²) in [4.78, 5) is 0. The number of aryl methyl sites for hydroxylation is 1. The van der Waals surface area contributed by atoms with Gasteiger partial charge in [0.2, 0.25) is 0 Å². The molecule has 0 aliphatic rings. The van der Waals surface area contributed by atoms with Gasteiger partial charge in [-0.25, -0.2) is 0 Å². The SMILES string of the molecule is Cc1ccccc1C(C)CCNC(C)(C)C. The number of rotatable bonds is 4. The van der Waals surface area contributed by atoms with E-state index in [0.717, 1.165) is 6.54 Å². The second-order valence-corrected chi connectivity index (χ2v) is 5.72. The lowest BCUT2D eigenvalue weighted by molar-refractivity contribution is 0.413. The van der Waals surface area contributed by atoms with Crippen LogP contribution in [0.25, 0.3) is 0 Å². The third-order valence-corrected chi connectivity index (χ3v) is 2.95. The highest BCUT2D eigenvalue weighted by Crippen LogP contribution is 2.21. The van der Waals surface area contributed by atoms with Crippen molar-refractivity contribution in [3.8, 4) is 0 Å². The van der Waals surface area contributed by atoms with E-state index in [1.165, 1.54) is 17.5 Å². The second kappa shape index (κ2) is 5.49. The quantitative estimate of drug-likeness (QED) is 0.810. The summed E-state index contributed by atoms with van der Waals surface area (Å²) in [5.74, 6) is 0.635. The molecule has 1 unspecified atom stereocenters. The highest BCUT2D eigenvalue weighted by atomic mass is 14.9. The maximum atomic E-state index is 3.54. The summed E-state index contributed by atoms with van der Waals surface area (Å²) in [6.45, 7) is 12.2. The smallest absolute Gasteiger partial charge is 0.00965 e. The fourth-order valence-corrected chi connectivity index (χ4v) is 1.96. The first-order valence-electron chi connectivity index (χ1n) is 6.21. The molecule has 1 aromatic carbocycles. The summed E-state index contributed by atoms with van der Waals surface area (Å²) in [7, 11) is 0. The topological polar surface area (TPSA) is 12.0 Å². The van der Waals surface area contributed by atoms with Gasteiger partial charge in [-0.3, -0.25) is 0 Å². The minimum Gasteiger partial charge on any atom is -0.312 e. The van der Waals surface area contributed by atoms with Crippen molar-refractivity contribution in [3.63, 3.8) is 0 Å². The first-order chi connectivity index (χ1) is 7.40. The molecule has 0 bridgehead atoms. The van der Waals surface area contributed by atoms with E-state index >= 15 is 0 Å². The third-order valence-electron chi connectivity index (χ3n) is 2.95. The van der Waals surface area contributed by atoms with Crippen LogP contribution in [0.15, 0.2) is 24.3 Å². The molecule has 0 fully saturated rings. The van der Waals surface area contributed by atoms with Gasteiger partial charge in [0.05, 0.1) is 0 Å². The normalized spacial score (nSPS) is 13.8. The Kier molecular flexibility index (Phi) is 4.55. The van der Waals surface area contributed by atoms with Gasteiger partial charge in [-0.2, -0.15) is 0 Å². The van der Waals surface area contributed by atoms with Gasteiger partial charge in [-0.05, 0) is 57.7 Å². The molecule has 1 heteroatoms. The molecular formula is C15H25N. The Hall–Kier alpha value is -0.820. The van der Waals surface area contributed by atoms with Crippen LogP contribution in [-0.4, -0.2) is 12.1 Å². The van der Waals surface area contributed by atoms with Crippen LogP contribution < -0.4 is 5.32 Å². The summed E-state index contributed by atoms with van der Waals surface area (Å²) >= 11 is 0. The van der Waals surface area contributed by atoms with Crippen molar-refractivity contribution in [3.05, 3.63) is 35.4 Å². The van der Waals surface area contributed by atoms with Gasteiger partial charge in [0.25, 0.3) is 0 Å². The van der Waals surface area contributed by atoms with E-state index in [9.17, 15) is 0 Å². The van der Waals surface area contributed by atoms with Gasteiger partial charge in [-0.15, -0.1) is 0 Å². The van der Waals surface area contributed by atoms with Crippen molar-refractivity contribution in [2.45, 2.75) is 52.5 Å². The van der Waals surface area contributed by atoms with Gasteiger partial charge in [-0.1, -0.05) is 31.2 Å². The van der Waals surface area contributed by atoms with E-state index in [1.54, 1.807) is 0 Å². The monoisotopic (exact) mass is 219 g/mol. The molecule has 1 N–H and O–H groups in total. The van der Waals surface area contributed by atoms with Crippen LogP contribution in [0.1, 0.15) is 51.2 Å². The lowest BCUT2D eigenvalue weighted by atomic mass is 9.93. The first-order valence-corrected chi connectivity index (χ1v) is 6.21. The lowest BCUT2D eigenvalue weighted by Gasteiger charge is -2.22. The fourth-order valence-electron chi connectivity index (χ4n) is 1.96. The minimum atomic E-state index is 0.228. The highest BCUT2D eigenvalue weighted by Gasteiger charge is 2.11. The zero-order valence-corrected chi connectivity index (χ0v) is 11.3. The Morgan fingerprint density at radius 3 is 2.38 bits per heavy atom. The maximum absolute atomic E-state index is 3.54. The molecule has 1 atom stereocenters. The predicted molar refractivity (Wildman–Crippen MR) is 72.0 cm³/mol. The number of nitrogens with one attached hydrogen (secondary N) is 1. The molecule has 0 aliphatic carbocycles. The van der Waals surface area contributed by atoms with E-state index in [-0.39, 0.29) is 5.54 Å². The molecule has 90 valence electrons. The fraction of sp³-hybridized carbons (Fsp3) is 0.600. The van der Waals surface area contributed by atoms with Crippen LogP contribution >= 0.6 is 0 Å². The second-order valence-electron chi connectivity index (χ2n) is 5.72. The summed E-state index contributed by atoms with van der Waals surface area (Å²) in [5, 5.41) is 3.54. The summed E-state index contributed by atoms with van der Waals surface area (Å²) in [6, 6.07) is 8.69. The van der Waals surface area contributed by atoms with Crippen molar-refractivity contribution < 1.29 is 0 Å².